The molecule has 0 saturated carbocycles. The molecule has 0 aromatic heterocycles. The van der Waals surface area contributed by atoms with Gasteiger partial charge in [0.05, 0.1) is 70.8 Å². The predicted octanol–water partition coefficient (Wildman–Crippen LogP) is 4.95. The van der Waals surface area contributed by atoms with Gasteiger partial charge >= 0.3 is 0 Å². The van der Waals surface area contributed by atoms with Crippen LogP contribution in [0.15, 0.2) is 101 Å². The Hall–Kier alpha value is -5.95. The summed E-state index contributed by atoms with van der Waals surface area (Å²) in [5.74, 6) is 5.92. The number of para-hydroxylation sites is 1. The van der Waals surface area contributed by atoms with Crippen LogP contribution in [0.4, 0.5) is 17.1 Å². The summed E-state index contributed by atoms with van der Waals surface area (Å²) < 4.78 is 22.1. The molecular formula is C44H50N6O8. The van der Waals surface area contributed by atoms with E-state index in [0.717, 1.165) is 27.9 Å². The molecule has 5 rings (SSSR count). The molecule has 0 fully saturated rings. The molecule has 0 saturated heterocycles. The molecule has 1 aliphatic heterocycles. The summed E-state index contributed by atoms with van der Waals surface area (Å²) in [6.07, 6.45) is 1.000. The number of carbonyl (C=O) groups excluding carboxylic acids is 3. The van der Waals surface area contributed by atoms with E-state index in [0.29, 0.717) is 89.2 Å². The van der Waals surface area contributed by atoms with Gasteiger partial charge in [0.15, 0.2) is 0 Å². The number of azo groups is 1. The highest BCUT2D eigenvalue weighted by Gasteiger charge is 2.21. The molecule has 0 atom stereocenters. The first-order valence-corrected chi connectivity index (χ1v) is 19.3. The Labute approximate surface area is 338 Å². The van der Waals surface area contributed by atoms with E-state index in [1.165, 1.54) is 0 Å². The fourth-order valence-corrected chi connectivity index (χ4v) is 5.77. The molecule has 14 nitrogen and oxygen atoms in total. The van der Waals surface area contributed by atoms with Crippen molar-refractivity contribution >= 4 is 34.8 Å². The van der Waals surface area contributed by atoms with E-state index in [9.17, 15) is 19.5 Å². The van der Waals surface area contributed by atoms with Gasteiger partial charge < -0.3 is 45.3 Å². The summed E-state index contributed by atoms with van der Waals surface area (Å²) in [5.41, 5.74) is 11.3. The van der Waals surface area contributed by atoms with E-state index in [4.69, 9.17) is 24.7 Å². The minimum atomic E-state index is -0.237. The van der Waals surface area contributed by atoms with E-state index in [1.54, 1.807) is 41.3 Å². The zero-order valence-corrected chi connectivity index (χ0v) is 32.5. The van der Waals surface area contributed by atoms with Gasteiger partial charge in [0, 0.05) is 42.6 Å². The number of ether oxygens (including phenoxy) is 4. The van der Waals surface area contributed by atoms with Gasteiger partial charge in [-0.3, -0.25) is 14.4 Å². The number of hydrogen-bond acceptors (Lipinski definition) is 11. The van der Waals surface area contributed by atoms with Crippen molar-refractivity contribution in [3.8, 4) is 17.6 Å². The number of anilines is 1. The molecule has 304 valence electrons. The average Bonchev–Trinajstić information content (AvgIpc) is 3.23. The summed E-state index contributed by atoms with van der Waals surface area (Å²) in [4.78, 5) is 39.8. The lowest BCUT2D eigenvalue weighted by Gasteiger charge is -2.26. The van der Waals surface area contributed by atoms with Gasteiger partial charge in [0.2, 0.25) is 11.8 Å². The normalized spacial score (nSPS) is 11.8. The third kappa shape index (κ3) is 14.2. The van der Waals surface area contributed by atoms with Crippen molar-refractivity contribution in [1.29, 1.82) is 0 Å². The lowest BCUT2D eigenvalue weighted by atomic mass is 10.0. The number of phenolic OH excluding ortho intramolecular Hbond substituents is 1. The zero-order chi connectivity index (χ0) is 40.8. The van der Waals surface area contributed by atoms with E-state index in [1.807, 2.05) is 54.6 Å². The summed E-state index contributed by atoms with van der Waals surface area (Å²) in [6, 6.07) is 27.2. The van der Waals surface area contributed by atoms with Crippen molar-refractivity contribution in [1.82, 2.24) is 10.6 Å². The summed E-state index contributed by atoms with van der Waals surface area (Å²) in [6.45, 7) is 4.27. The molecule has 1 heterocycles. The Balaban J connectivity index is 0.826. The molecule has 0 spiro atoms. The zero-order valence-electron chi connectivity index (χ0n) is 32.5. The van der Waals surface area contributed by atoms with Crippen LogP contribution in [0.1, 0.15) is 45.5 Å². The molecule has 4 aromatic rings. The van der Waals surface area contributed by atoms with Crippen LogP contribution in [-0.4, -0.2) is 95.3 Å². The molecule has 5 N–H and O–H groups in total. The standard InChI is InChI=1S/C44H50N6O8/c45-20-17-33-9-16-39(41(51)31-33)49-48-38-14-12-36(13-15-38)44(54)47-22-24-56-26-28-58-30-29-57-27-25-55-23-19-42(52)46-21-18-43(53)50-32-37-7-2-1-5-34(37)10-11-35-6-3-4-8-40(35)50/h1-9,12-16,31,51H,17-30,32,45H2,(H,46,52)(H,47,54)/b49-48+. The molecule has 0 radical (unpaired) electrons. The molecule has 0 unspecified atom stereocenters. The number of aromatic hydroxyl groups is 1. The molecule has 4 aromatic carbocycles. The second-order valence-electron chi connectivity index (χ2n) is 13.1. The first-order valence-electron chi connectivity index (χ1n) is 19.3. The number of phenols is 1. The van der Waals surface area contributed by atoms with Crippen molar-refractivity contribution in [2.75, 3.05) is 77.4 Å². The second kappa shape index (κ2) is 24.0. The van der Waals surface area contributed by atoms with Gasteiger partial charge in [-0.15, -0.1) is 5.11 Å². The lowest BCUT2D eigenvalue weighted by molar-refractivity contribution is -0.122. The fourth-order valence-electron chi connectivity index (χ4n) is 5.77. The van der Waals surface area contributed by atoms with E-state index in [2.05, 4.69) is 32.7 Å². The van der Waals surface area contributed by atoms with Crippen LogP contribution in [0.5, 0.6) is 5.75 Å². The van der Waals surface area contributed by atoms with Gasteiger partial charge in [0.25, 0.3) is 5.91 Å². The smallest absolute Gasteiger partial charge is 0.251 e. The minimum absolute atomic E-state index is 0.0302. The third-order valence-electron chi connectivity index (χ3n) is 8.83. The van der Waals surface area contributed by atoms with Crippen molar-refractivity contribution < 1.29 is 38.4 Å². The number of nitrogens with zero attached hydrogens (tertiary/aromatic N) is 3. The highest BCUT2D eigenvalue weighted by atomic mass is 16.6. The molecule has 1 aliphatic rings. The number of nitrogens with one attached hydrogen (secondary N) is 2. The SMILES string of the molecule is NCCc1ccc(/N=N/c2ccc(C(=O)NCCOCCOCCOCCOCCC(=O)NCCC(=O)N3Cc4ccccc4C#Cc4ccccc43)cc2)c(O)c1. The minimum Gasteiger partial charge on any atom is -0.506 e. The summed E-state index contributed by atoms with van der Waals surface area (Å²) in [5, 5.41) is 24.0. The number of hydrogen-bond donors (Lipinski definition) is 4. The molecule has 58 heavy (non-hydrogen) atoms. The Morgan fingerprint density at radius 2 is 1.36 bits per heavy atom. The molecular weight excluding hydrogens is 741 g/mol. The van der Waals surface area contributed by atoms with E-state index < -0.39 is 0 Å². The van der Waals surface area contributed by atoms with Gasteiger partial charge in [-0.1, -0.05) is 48.2 Å². The van der Waals surface area contributed by atoms with Crippen molar-refractivity contribution in [3.05, 3.63) is 119 Å². The second-order valence-corrected chi connectivity index (χ2v) is 13.1. The number of rotatable bonds is 23. The molecule has 0 bridgehead atoms. The van der Waals surface area contributed by atoms with Gasteiger partial charge in [-0.05, 0) is 78.7 Å². The number of benzene rings is 4. The van der Waals surface area contributed by atoms with Crippen LogP contribution in [0.25, 0.3) is 0 Å². The maximum absolute atomic E-state index is 13.3. The van der Waals surface area contributed by atoms with Gasteiger partial charge in [-0.25, -0.2) is 0 Å². The fraction of sp³-hybridized carbons (Fsp3) is 0.341. The highest BCUT2D eigenvalue weighted by Crippen LogP contribution is 2.29. The summed E-state index contributed by atoms with van der Waals surface area (Å²) in [7, 11) is 0. The lowest BCUT2D eigenvalue weighted by Crippen LogP contribution is -2.35. The van der Waals surface area contributed by atoms with Crippen LogP contribution in [0, 0.1) is 11.8 Å². The van der Waals surface area contributed by atoms with Gasteiger partial charge in [0.1, 0.15) is 11.4 Å². The number of carbonyl (C=O) groups is 3. The Morgan fingerprint density at radius 3 is 2.09 bits per heavy atom. The van der Waals surface area contributed by atoms with Crippen LogP contribution in [0.3, 0.4) is 0 Å². The Morgan fingerprint density at radius 1 is 0.707 bits per heavy atom. The maximum Gasteiger partial charge on any atom is 0.251 e. The monoisotopic (exact) mass is 790 g/mol. The van der Waals surface area contributed by atoms with Crippen LogP contribution in [0.2, 0.25) is 0 Å². The Bertz CT molecular complexity index is 2050. The predicted molar refractivity (Wildman–Crippen MR) is 219 cm³/mol. The highest BCUT2D eigenvalue weighted by molar-refractivity contribution is 5.95. The topological polar surface area (TPSA) is 186 Å². The maximum atomic E-state index is 13.3. The molecule has 0 aliphatic carbocycles. The van der Waals surface area contributed by atoms with Gasteiger partial charge in [-0.2, -0.15) is 5.11 Å². The number of amides is 3. The van der Waals surface area contributed by atoms with E-state index >= 15 is 0 Å². The van der Waals surface area contributed by atoms with Crippen molar-refractivity contribution in [3.63, 3.8) is 0 Å². The largest absolute Gasteiger partial charge is 0.506 e. The quantitative estimate of drug-likeness (QED) is 0.0459. The number of nitrogens with two attached hydrogens (primary N) is 1. The first-order chi connectivity index (χ1) is 28.4. The molecule has 14 heteroatoms. The van der Waals surface area contributed by atoms with Crippen molar-refractivity contribution in [2.45, 2.75) is 25.8 Å². The van der Waals surface area contributed by atoms with Crippen molar-refractivity contribution in [2.24, 2.45) is 16.0 Å². The molecule has 3 amide bonds. The number of fused-ring (bicyclic) bond motifs is 2. The van der Waals surface area contributed by atoms with Crippen LogP contribution < -0.4 is 21.3 Å². The average molecular weight is 791 g/mol. The summed E-state index contributed by atoms with van der Waals surface area (Å²) >= 11 is 0. The van der Waals surface area contributed by atoms with E-state index in [-0.39, 0.29) is 49.5 Å². The van der Waals surface area contributed by atoms with Crippen LogP contribution in [-0.2, 0) is 41.5 Å². The Kier molecular flexibility index (Phi) is 17.8. The van der Waals surface area contributed by atoms with Crippen LogP contribution >= 0.6 is 0 Å². The first kappa shape index (κ1) is 43.2. The third-order valence-corrected chi connectivity index (χ3v) is 8.83.